The molecule has 6 aromatic carbocycles. The van der Waals surface area contributed by atoms with Crippen molar-refractivity contribution in [2.24, 2.45) is 23.7 Å². The molecule has 8 aromatic rings. The van der Waals surface area contributed by atoms with Crippen molar-refractivity contribution in [3.8, 4) is 73.6 Å². The van der Waals surface area contributed by atoms with Crippen LogP contribution in [-0.4, -0.2) is 53.2 Å². The van der Waals surface area contributed by atoms with Gasteiger partial charge in [-0.25, -0.2) is 4.85 Å². The van der Waals surface area contributed by atoms with Crippen molar-refractivity contribution < 1.29 is 60.3 Å². The van der Waals surface area contributed by atoms with Crippen LogP contribution in [0.25, 0.3) is 72.4 Å². The van der Waals surface area contributed by atoms with Crippen molar-refractivity contribution in [3.63, 3.8) is 0 Å². The zero-order valence-electron chi connectivity index (χ0n) is 68.0. The molecule has 0 spiro atoms. The molecule has 2 atom stereocenters. The van der Waals surface area contributed by atoms with E-state index in [4.69, 9.17) is 26.5 Å². The Kier molecular flexibility index (Phi) is 39.4. The largest absolute Gasteiger partial charge is 0.512 e. The first-order valence-electron chi connectivity index (χ1n) is 40.3. The monoisotopic (exact) mass is 1810 g/mol. The molecule has 2 unspecified atom stereocenters. The number of benzene rings is 6. The molecule has 0 bridgehead atoms. The maximum Gasteiger partial charge on any atom is 0.190 e. The average molecular weight is 1810 g/mol. The van der Waals surface area contributed by atoms with Gasteiger partial charge in [0.05, 0.1) is 58.9 Å². The average Bonchev–Trinajstić information content (AvgIpc) is 0.779. The molecular weight excluding hydrogens is 1690 g/mol. The van der Waals surface area contributed by atoms with Gasteiger partial charge in [-0.1, -0.05) is 218 Å². The van der Waals surface area contributed by atoms with E-state index in [-0.39, 0.29) is 75.8 Å². The number of carbonyl (C=O) groups excluding carboxylic acids is 1. The number of aryl methyl sites for hydroxylation is 7. The second kappa shape index (κ2) is 46.5. The Hall–Kier alpha value is -7.11. The van der Waals surface area contributed by atoms with Gasteiger partial charge in [-0.05, 0) is 187 Å². The number of ketones is 1. The molecule has 10 rings (SSSR count). The quantitative estimate of drug-likeness (QED) is 0.0259. The van der Waals surface area contributed by atoms with E-state index in [2.05, 4.69) is 159 Å². The molecule has 2 aliphatic rings. The molecule has 582 valence electrons. The van der Waals surface area contributed by atoms with E-state index < -0.39 is 0 Å². The molecule has 0 saturated heterocycles. The SMILES string of the molecule is CCC(CC)C(=O)C=C(O)C(CC)CC.CCCC(CCC)C(O)CC(O)C(CCC)CCC.Cc1[c-]c(-c2ncc(-c3ccc(C#N)cc3C)nc2-c2cc(C)cc(C)c2)cc(C)c1.[C-]#[N+]c1cccc(-c2cnc(-c3[c-]c(C)cc(C4CCCCC4)c3)c(-c3cc(C)cc(C4CCCCC4)c3)n2)c1C.[Ir].[Ir]. The molecule has 0 aliphatic heterocycles. The van der Waals surface area contributed by atoms with Crippen molar-refractivity contribution in [1.82, 2.24) is 19.9 Å². The Morgan fingerprint density at radius 2 is 1.00 bits per heavy atom. The number of carbonyl (C=O) groups is 1. The maximum absolute atomic E-state index is 11.7. The van der Waals surface area contributed by atoms with Crippen LogP contribution in [0.1, 0.15) is 276 Å². The third-order valence-corrected chi connectivity index (χ3v) is 21.9. The third kappa shape index (κ3) is 26.3. The van der Waals surface area contributed by atoms with Crippen molar-refractivity contribution in [2.45, 2.75) is 283 Å². The standard InChI is InChI=1S/C38H40N3.C28H24N3.C17H36O2.C13H24O2.2Ir/c1-25-18-30(28-12-7-5-8-13-28)22-32(20-25)37-38(33-21-26(2)19-31(23-33)29-14-9-6-10-15-29)41-36(24-40-37)34-16-11-17-35(39-4)27(34)3;1-17-8-18(2)11-23(10-17)27-28(24-12-19(3)9-20(4)13-24)31-26(16-30-27)25-7-6-22(15-29)14-21(25)5;1-5-9-14(10-6-2)16(18)13-17(19)15(11-7-3)12-8-4;1-5-10(6-2)12(14)9-13(15)11(7-3)8-4;;/h11,16-19,21-24,28-29H,5-10,12-15H2,1-3H3;6-10,12-14,16H,1-5H3;14-19H,5-13H2,1-4H3;9-11,14H,5-8H2,1-4H3;;/q2*-1;;;;. The van der Waals surface area contributed by atoms with Crippen molar-refractivity contribution in [2.75, 3.05) is 0 Å². The zero-order chi connectivity index (χ0) is 77.0. The van der Waals surface area contributed by atoms with Gasteiger partial charge in [0.2, 0.25) is 0 Å². The smallest absolute Gasteiger partial charge is 0.190 e. The molecule has 108 heavy (non-hydrogen) atoms. The Bertz CT molecular complexity index is 4190. The fourth-order valence-corrected chi connectivity index (χ4v) is 16.1. The molecule has 3 N–H and O–H groups in total. The van der Waals surface area contributed by atoms with E-state index in [1.54, 1.807) is 0 Å². The van der Waals surface area contributed by atoms with Crippen LogP contribution in [0.15, 0.2) is 121 Å². The van der Waals surface area contributed by atoms with Crippen LogP contribution in [0.4, 0.5) is 5.69 Å². The van der Waals surface area contributed by atoms with Gasteiger partial charge < -0.3 is 25.3 Å². The number of nitriles is 1. The summed E-state index contributed by atoms with van der Waals surface area (Å²) in [5.74, 6) is 2.51. The Morgan fingerprint density at radius 1 is 0.546 bits per heavy atom. The summed E-state index contributed by atoms with van der Waals surface area (Å²) < 4.78 is 0. The van der Waals surface area contributed by atoms with Gasteiger partial charge in [0.1, 0.15) is 0 Å². The summed E-state index contributed by atoms with van der Waals surface area (Å²) in [4.78, 5) is 35.9. The number of hydrogen-bond acceptors (Lipinski definition) is 9. The van der Waals surface area contributed by atoms with Gasteiger partial charge in [-0.15, -0.1) is 69.8 Å². The fraction of sp³-hybridized carbons (Fsp3) is 0.490. The second-order valence-corrected chi connectivity index (χ2v) is 30.6. The number of hydrogen-bond donors (Lipinski definition) is 3. The van der Waals surface area contributed by atoms with E-state index in [0.29, 0.717) is 41.3 Å². The van der Waals surface area contributed by atoms with Gasteiger partial charge in [0.15, 0.2) is 11.5 Å². The van der Waals surface area contributed by atoms with Gasteiger partial charge in [-0.2, -0.15) is 5.26 Å². The minimum atomic E-state index is -0.328. The topological polar surface area (TPSA) is 157 Å². The molecule has 2 aliphatic carbocycles. The van der Waals surface area contributed by atoms with Gasteiger partial charge in [0.25, 0.3) is 0 Å². The predicted molar refractivity (Wildman–Crippen MR) is 442 cm³/mol. The van der Waals surface area contributed by atoms with Crippen LogP contribution in [0.3, 0.4) is 0 Å². The van der Waals surface area contributed by atoms with Crippen LogP contribution < -0.4 is 0 Å². The zero-order valence-corrected chi connectivity index (χ0v) is 72.7. The number of aromatic nitrogens is 4. The summed E-state index contributed by atoms with van der Waals surface area (Å²) in [7, 11) is 0. The fourth-order valence-electron chi connectivity index (χ4n) is 16.1. The Balaban J connectivity index is 0.000000276. The first-order valence-corrected chi connectivity index (χ1v) is 40.3. The Morgan fingerprint density at radius 3 is 1.46 bits per heavy atom. The summed E-state index contributed by atoms with van der Waals surface area (Å²) in [6.45, 7) is 41.1. The minimum absolute atomic E-state index is 0. The summed E-state index contributed by atoms with van der Waals surface area (Å²) in [5, 5.41) is 39.7. The van der Waals surface area contributed by atoms with E-state index >= 15 is 0 Å². The summed E-state index contributed by atoms with van der Waals surface area (Å²) in [6, 6.07) is 43.2. The first kappa shape index (κ1) is 91.5. The van der Waals surface area contributed by atoms with E-state index in [1.165, 1.54) is 104 Å². The van der Waals surface area contributed by atoms with Gasteiger partial charge >= 0.3 is 0 Å². The van der Waals surface area contributed by atoms with Crippen molar-refractivity contribution in [3.05, 3.63) is 206 Å². The van der Waals surface area contributed by atoms with E-state index in [1.807, 2.05) is 84.3 Å². The summed E-state index contributed by atoms with van der Waals surface area (Å²) in [5.41, 5.74) is 24.3. The van der Waals surface area contributed by atoms with Crippen LogP contribution in [0, 0.1) is 109 Å². The molecule has 2 radical (unpaired) electrons. The van der Waals surface area contributed by atoms with E-state index in [9.17, 15) is 25.4 Å². The Labute approximate surface area is 677 Å². The van der Waals surface area contributed by atoms with Crippen molar-refractivity contribution in [1.29, 1.82) is 5.26 Å². The first-order chi connectivity index (χ1) is 51.0. The number of rotatable bonds is 27. The minimum Gasteiger partial charge on any atom is -0.512 e. The van der Waals surface area contributed by atoms with E-state index in [0.717, 1.165) is 167 Å². The number of aliphatic hydroxyl groups excluding tert-OH is 3. The number of allylic oxidation sites excluding steroid dienone is 2. The molecule has 2 fully saturated rings. The molecule has 0 amide bonds. The molecule has 2 aromatic heterocycles. The van der Waals surface area contributed by atoms with Gasteiger partial charge in [0, 0.05) is 87.5 Å². The number of aliphatic hydroxyl groups is 3. The van der Waals surface area contributed by atoms with Crippen LogP contribution in [0.5, 0.6) is 0 Å². The third-order valence-electron chi connectivity index (χ3n) is 21.9. The molecule has 2 saturated carbocycles. The summed E-state index contributed by atoms with van der Waals surface area (Å²) in [6.07, 6.45) is 30.3. The number of nitrogens with zero attached hydrogens (tertiary/aromatic N) is 6. The van der Waals surface area contributed by atoms with Crippen LogP contribution in [-0.2, 0) is 45.0 Å². The van der Waals surface area contributed by atoms with Crippen molar-refractivity contribution >= 4 is 11.5 Å². The molecule has 2 heterocycles. The van der Waals surface area contributed by atoms with Crippen LogP contribution >= 0.6 is 0 Å². The normalized spacial score (nSPS) is 13.7. The second-order valence-electron chi connectivity index (χ2n) is 30.6. The molecular formula is C96H124Ir2N6O4-2. The molecule has 12 heteroatoms. The van der Waals surface area contributed by atoms with Crippen LogP contribution in [0.2, 0.25) is 0 Å². The predicted octanol–water partition coefficient (Wildman–Crippen LogP) is 25.9. The summed E-state index contributed by atoms with van der Waals surface area (Å²) >= 11 is 0. The van der Waals surface area contributed by atoms with Gasteiger partial charge in [-0.3, -0.25) is 14.8 Å². The molecule has 10 nitrogen and oxygen atoms in total. The maximum atomic E-state index is 11.7.